The molecular formula is C13H14F3N3O. The maximum Gasteiger partial charge on any atom is 0.416 e. The SMILES string of the molecule is C[C@H](Nc1ccc(C(F)(F)F)cc1C#N)C(=O)N(C)C. The Labute approximate surface area is 114 Å². The van der Waals surface area contributed by atoms with E-state index >= 15 is 0 Å². The molecule has 7 heteroatoms. The molecule has 20 heavy (non-hydrogen) atoms. The number of nitriles is 1. The number of carbonyl (C=O) groups excluding carboxylic acids is 1. The van der Waals surface area contributed by atoms with Crippen LogP contribution in [-0.2, 0) is 11.0 Å². The van der Waals surface area contributed by atoms with Crippen LogP contribution in [0.5, 0.6) is 0 Å². The van der Waals surface area contributed by atoms with Crippen LogP contribution in [0.1, 0.15) is 18.1 Å². The summed E-state index contributed by atoms with van der Waals surface area (Å²) in [6, 6.07) is 3.83. The molecule has 0 bridgehead atoms. The van der Waals surface area contributed by atoms with Crippen molar-refractivity contribution < 1.29 is 18.0 Å². The van der Waals surface area contributed by atoms with Crippen molar-refractivity contribution in [1.82, 2.24) is 4.90 Å². The first-order valence-corrected chi connectivity index (χ1v) is 5.76. The van der Waals surface area contributed by atoms with Gasteiger partial charge in [-0.3, -0.25) is 4.79 Å². The number of alkyl halides is 3. The highest BCUT2D eigenvalue weighted by molar-refractivity contribution is 5.84. The van der Waals surface area contributed by atoms with Crippen molar-refractivity contribution in [3.05, 3.63) is 29.3 Å². The molecule has 0 unspecified atom stereocenters. The molecule has 0 spiro atoms. The molecule has 0 fully saturated rings. The second kappa shape index (κ2) is 5.82. The number of anilines is 1. The van der Waals surface area contributed by atoms with E-state index in [1.54, 1.807) is 27.1 Å². The first-order valence-electron chi connectivity index (χ1n) is 5.76. The van der Waals surface area contributed by atoms with E-state index in [-0.39, 0.29) is 17.2 Å². The van der Waals surface area contributed by atoms with Gasteiger partial charge in [0.15, 0.2) is 0 Å². The third kappa shape index (κ3) is 3.63. The molecule has 0 aliphatic carbocycles. The Hall–Kier alpha value is -2.23. The highest BCUT2D eigenvalue weighted by Crippen LogP contribution is 2.31. The second-order valence-electron chi connectivity index (χ2n) is 4.47. The number of nitrogens with one attached hydrogen (secondary N) is 1. The lowest BCUT2D eigenvalue weighted by atomic mass is 10.1. The summed E-state index contributed by atoms with van der Waals surface area (Å²) in [4.78, 5) is 13.0. The Morgan fingerprint density at radius 3 is 2.45 bits per heavy atom. The Bertz CT molecular complexity index is 547. The minimum atomic E-state index is -4.50. The van der Waals surface area contributed by atoms with E-state index in [0.717, 1.165) is 18.2 Å². The molecular weight excluding hydrogens is 271 g/mol. The number of likely N-dealkylation sites (N-methyl/N-ethyl adjacent to an activating group) is 1. The fraction of sp³-hybridized carbons (Fsp3) is 0.385. The molecule has 0 aromatic heterocycles. The van der Waals surface area contributed by atoms with Gasteiger partial charge in [0.2, 0.25) is 5.91 Å². The number of benzene rings is 1. The Morgan fingerprint density at radius 1 is 1.40 bits per heavy atom. The number of rotatable bonds is 3. The number of amides is 1. The number of carbonyl (C=O) groups is 1. The summed E-state index contributed by atoms with van der Waals surface area (Å²) in [6.45, 7) is 1.57. The molecule has 0 aliphatic heterocycles. The molecule has 1 aromatic carbocycles. The first kappa shape index (κ1) is 15.8. The van der Waals surface area contributed by atoms with Crippen LogP contribution in [0.4, 0.5) is 18.9 Å². The van der Waals surface area contributed by atoms with Crippen molar-refractivity contribution in [3.8, 4) is 6.07 Å². The summed E-state index contributed by atoms with van der Waals surface area (Å²) in [5.41, 5.74) is -0.854. The lowest BCUT2D eigenvalue weighted by Crippen LogP contribution is -2.36. The average Bonchev–Trinajstić information content (AvgIpc) is 2.36. The predicted molar refractivity (Wildman–Crippen MR) is 67.9 cm³/mol. The van der Waals surface area contributed by atoms with E-state index in [4.69, 9.17) is 5.26 Å². The summed E-state index contributed by atoms with van der Waals surface area (Å²) in [6.07, 6.45) is -4.50. The molecule has 4 nitrogen and oxygen atoms in total. The zero-order valence-electron chi connectivity index (χ0n) is 11.2. The van der Waals surface area contributed by atoms with Gasteiger partial charge >= 0.3 is 6.18 Å². The van der Waals surface area contributed by atoms with E-state index in [2.05, 4.69) is 5.32 Å². The zero-order chi connectivity index (χ0) is 15.5. The van der Waals surface area contributed by atoms with Gasteiger partial charge in [-0.2, -0.15) is 18.4 Å². The third-order valence-electron chi connectivity index (χ3n) is 2.65. The highest BCUT2D eigenvalue weighted by Gasteiger charge is 2.31. The number of halogens is 3. The van der Waals surface area contributed by atoms with Gasteiger partial charge in [0.05, 0.1) is 16.8 Å². The zero-order valence-corrected chi connectivity index (χ0v) is 11.2. The Kier molecular flexibility index (Phi) is 4.61. The molecule has 0 aliphatic rings. The molecule has 1 N–H and O–H groups in total. The van der Waals surface area contributed by atoms with Gasteiger partial charge in [0.25, 0.3) is 0 Å². The van der Waals surface area contributed by atoms with Crippen LogP contribution in [0.3, 0.4) is 0 Å². The molecule has 0 heterocycles. The predicted octanol–water partition coefficient (Wildman–Crippen LogP) is 2.47. The molecule has 1 aromatic rings. The van der Waals surface area contributed by atoms with Crippen LogP contribution >= 0.6 is 0 Å². The topological polar surface area (TPSA) is 56.1 Å². The van der Waals surface area contributed by atoms with Crippen molar-refractivity contribution in [2.24, 2.45) is 0 Å². The van der Waals surface area contributed by atoms with Crippen molar-refractivity contribution in [3.63, 3.8) is 0 Å². The molecule has 1 atom stereocenters. The third-order valence-corrected chi connectivity index (χ3v) is 2.65. The Morgan fingerprint density at radius 2 is 2.00 bits per heavy atom. The lowest BCUT2D eigenvalue weighted by Gasteiger charge is -2.20. The van der Waals surface area contributed by atoms with Crippen LogP contribution in [0.15, 0.2) is 18.2 Å². The number of hydrogen-bond acceptors (Lipinski definition) is 3. The monoisotopic (exact) mass is 285 g/mol. The molecule has 1 rings (SSSR count). The standard InChI is InChI=1S/C13H14F3N3O/c1-8(12(20)19(2)3)18-11-5-4-10(13(14,15)16)6-9(11)7-17/h4-6,8,18H,1-3H3/t8-/m0/s1. The summed E-state index contributed by atoms with van der Waals surface area (Å²) in [5.74, 6) is -0.242. The largest absolute Gasteiger partial charge is 0.416 e. The molecule has 1 amide bonds. The quantitative estimate of drug-likeness (QED) is 0.928. The minimum absolute atomic E-state index is 0.154. The molecule has 0 saturated heterocycles. The van der Waals surface area contributed by atoms with E-state index in [1.807, 2.05) is 0 Å². The van der Waals surface area contributed by atoms with Gasteiger partial charge in [-0.15, -0.1) is 0 Å². The highest BCUT2D eigenvalue weighted by atomic mass is 19.4. The summed E-state index contributed by atoms with van der Waals surface area (Å²) < 4.78 is 37.6. The van der Waals surface area contributed by atoms with Gasteiger partial charge in [-0.05, 0) is 25.1 Å². The molecule has 0 saturated carbocycles. The van der Waals surface area contributed by atoms with Crippen molar-refractivity contribution >= 4 is 11.6 Å². The molecule has 108 valence electrons. The lowest BCUT2D eigenvalue weighted by molar-refractivity contribution is -0.137. The fourth-order valence-electron chi connectivity index (χ4n) is 1.62. The maximum absolute atomic E-state index is 12.5. The number of hydrogen-bond donors (Lipinski definition) is 1. The minimum Gasteiger partial charge on any atom is -0.373 e. The van der Waals surface area contributed by atoms with Crippen molar-refractivity contribution in [2.45, 2.75) is 19.1 Å². The van der Waals surface area contributed by atoms with Crippen LogP contribution in [0, 0.1) is 11.3 Å². The number of nitrogens with zero attached hydrogens (tertiary/aromatic N) is 2. The second-order valence-corrected chi connectivity index (χ2v) is 4.47. The Balaban J connectivity index is 3.04. The summed E-state index contributed by atoms with van der Waals surface area (Å²) >= 11 is 0. The van der Waals surface area contributed by atoms with Crippen LogP contribution in [0.2, 0.25) is 0 Å². The van der Waals surface area contributed by atoms with Crippen molar-refractivity contribution in [1.29, 1.82) is 5.26 Å². The van der Waals surface area contributed by atoms with E-state index in [0.29, 0.717) is 0 Å². The van der Waals surface area contributed by atoms with Gasteiger partial charge in [0, 0.05) is 14.1 Å². The average molecular weight is 285 g/mol. The van der Waals surface area contributed by atoms with Gasteiger partial charge in [-0.25, -0.2) is 0 Å². The normalized spacial score (nSPS) is 12.4. The van der Waals surface area contributed by atoms with Gasteiger partial charge < -0.3 is 10.2 Å². The van der Waals surface area contributed by atoms with Crippen molar-refractivity contribution in [2.75, 3.05) is 19.4 Å². The van der Waals surface area contributed by atoms with E-state index < -0.39 is 17.8 Å². The van der Waals surface area contributed by atoms with E-state index in [1.165, 1.54) is 4.90 Å². The van der Waals surface area contributed by atoms with Gasteiger partial charge in [-0.1, -0.05) is 0 Å². The van der Waals surface area contributed by atoms with Crippen LogP contribution in [-0.4, -0.2) is 30.9 Å². The first-order chi connectivity index (χ1) is 9.16. The fourth-order valence-corrected chi connectivity index (χ4v) is 1.62. The summed E-state index contributed by atoms with van der Waals surface area (Å²) in [5, 5.41) is 11.7. The summed E-state index contributed by atoms with van der Waals surface area (Å²) in [7, 11) is 3.14. The van der Waals surface area contributed by atoms with Crippen LogP contribution < -0.4 is 5.32 Å². The van der Waals surface area contributed by atoms with Gasteiger partial charge in [0.1, 0.15) is 12.1 Å². The molecule has 0 radical (unpaired) electrons. The smallest absolute Gasteiger partial charge is 0.373 e. The van der Waals surface area contributed by atoms with Crippen LogP contribution in [0.25, 0.3) is 0 Å². The maximum atomic E-state index is 12.5. The van der Waals surface area contributed by atoms with E-state index in [9.17, 15) is 18.0 Å².